The van der Waals surface area contributed by atoms with Crippen LogP contribution in [0.2, 0.25) is 0 Å². The van der Waals surface area contributed by atoms with E-state index >= 15 is 0 Å². The molecule has 0 radical (unpaired) electrons. The Bertz CT molecular complexity index is 648. The highest BCUT2D eigenvalue weighted by Gasteiger charge is 2.16. The smallest absolute Gasteiger partial charge is 0.337 e. The molecule has 1 heterocycles. The van der Waals surface area contributed by atoms with Crippen LogP contribution in [0.25, 0.3) is 0 Å². The molecule has 2 aromatic rings. The summed E-state index contributed by atoms with van der Waals surface area (Å²) in [7, 11) is 0. The Hall–Kier alpha value is -2.83. The Morgan fingerprint density at radius 1 is 1.32 bits per heavy atom. The van der Waals surface area contributed by atoms with Gasteiger partial charge in [-0.3, -0.25) is 9.89 Å². The van der Waals surface area contributed by atoms with Gasteiger partial charge in [-0.2, -0.15) is 5.10 Å². The minimum absolute atomic E-state index is 0.107. The van der Waals surface area contributed by atoms with Crippen LogP contribution in [0.1, 0.15) is 26.4 Å². The van der Waals surface area contributed by atoms with Gasteiger partial charge in [-0.15, -0.1) is 0 Å². The van der Waals surface area contributed by atoms with Crippen molar-refractivity contribution in [3.8, 4) is 5.75 Å². The maximum Gasteiger partial charge on any atom is 0.337 e. The maximum atomic E-state index is 11.9. The number of aromatic hydroxyl groups is 1. The number of aryl methyl sites for hydroxylation is 1. The van der Waals surface area contributed by atoms with E-state index in [1.54, 1.807) is 6.92 Å². The van der Waals surface area contributed by atoms with Crippen molar-refractivity contribution in [2.24, 2.45) is 0 Å². The van der Waals surface area contributed by atoms with Crippen LogP contribution in [-0.2, 0) is 0 Å². The lowest BCUT2D eigenvalue weighted by Gasteiger charge is -2.08. The number of nitrogens with zero attached hydrogens (tertiary/aromatic N) is 1. The van der Waals surface area contributed by atoms with Crippen molar-refractivity contribution < 1.29 is 19.8 Å². The van der Waals surface area contributed by atoms with E-state index in [1.807, 2.05) is 0 Å². The molecule has 0 saturated carbocycles. The van der Waals surface area contributed by atoms with Gasteiger partial charge in [0.15, 0.2) is 0 Å². The number of aromatic nitrogens is 2. The third-order valence-electron chi connectivity index (χ3n) is 2.56. The molecule has 19 heavy (non-hydrogen) atoms. The number of hydrogen-bond acceptors (Lipinski definition) is 4. The molecular formula is C12H11N3O4. The average Bonchev–Trinajstić information content (AvgIpc) is 2.77. The van der Waals surface area contributed by atoms with Crippen molar-refractivity contribution >= 4 is 17.6 Å². The van der Waals surface area contributed by atoms with E-state index in [0.29, 0.717) is 11.3 Å². The molecule has 0 saturated heterocycles. The van der Waals surface area contributed by atoms with Crippen molar-refractivity contribution in [1.29, 1.82) is 0 Å². The Morgan fingerprint density at radius 3 is 2.63 bits per heavy atom. The van der Waals surface area contributed by atoms with Gasteiger partial charge in [0.25, 0.3) is 5.91 Å². The van der Waals surface area contributed by atoms with E-state index in [0.717, 1.165) is 6.07 Å². The molecule has 7 heteroatoms. The summed E-state index contributed by atoms with van der Waals surface area (Å²) in [6.45, 7) is 1.68. The summed E-state index contributed by atoms with van der Waals surface area (Å²) >= 11 is 0. The largest absolute Gasteiger partial charge is 0.508 e. The summed E-state index contributed by atoms with van der Waals surface area (Å²) in [5, 5.41) is 27.1. The van der Waals surface area contributed by atoms with Crippen molar-refractivity contribution in [3.05, 3.63) is 41.2 Å². The summed E-state index contributed by atoms with van der Waals surface area (Å²) < 4.78 is 0. The molecule has 0 spiro atoms. The van der Waals surface area contributed by atoms with Crippen LogP contribution >= 0.6 is 0 Å². The Labute approximate surface area is 107 Å². The lowest BCUT2D eigenvalue weighted by molar-refractivity contribution is 0.0697. The molecule has 4 N–H and O–H groups in total. The molecule has 0 aliphatic heterocycles. The fourth-order valence-corrected chi connectivity index (χ4v) is 1.59. The number of phenolic OH excluding ortho intramolecular Hbond substituents is 1. The second-order valence-electron chi connectivity index (χ2n) is 3.90. The van der Waals surface area contributed by atoms with Gasteiger partial charge in [-0.05, 0) is 25.1 Å². The van der Waals surface area contributed by atoms with E-state index in [1.165, 1.54) is 18.3 Å². The van der Waals surface area contributed by atoms with E-state index in [9.17, 15) is 14.7 Å². The predicted octanol–water partition coefficient (Wildman–Crippen LogP) is 1.37. The SMILES string of the molecule is Cc1[nH]ncc1C(=O)Nc1ccc(O)cc1C(=O)O. The third kappa shape index (κ3) is 2.54. The quantitative estimate of drug-likeness (QED) is 0.623. The van der Waals surface area contributed by atoms with Crippen molar-refractivity contribution in [3.63, 3.8) is 0 Å². The van der Waals surface area contributed by atoms with Gasteiger partial charge in [-0.1, -0.05) is 0 Å². The van der Waals surface area contributed by atoms with Gasteiger partial charge in [0, 0.05) is 5.69 Å². The molecule has 1 amide bonds. The summed E-state index contributed by atoms with van der Waals surface area (Å²) in [4.78, 5) is 23.0. The molecule has 7 nitrogen and oxygen atoms in total. The molecule has 1 aromatic carbocycles. The van der Waals surface area contributed by atoms with Crippen molar-refractivity contribution in [2.45, 2.75) is 6.92 Å². The lowest BCUT2D eigenvalue weighted by Crippen LogP contribution is -2.15. The first-order valence-corrected chi connectivity index (χ1v) is 5.36. The Morgan fingerprint density at radius 2 is 2.05 bits per heavy atom. The molecule has 98 valence electrons. The fourth-order valence-electron chi connectivity index (χ4n) is 1.59. The zero-order valence-corrected chi connectivity index (χ0v) is 9.97. The zero-order chi connectivity index (χ0) is 14.0. The second kappa shape index (κ2) is 4.81. The highest BCUT2D eigenvalue weighted by atomic mass is 16.4. The first kappa shape index (κ1) is 12.6. The van der Waals surface area contributed by atoms with Crippen LogP contribution < -0.4 is 5.32 Å². The monoisotopic (exact) mass is 261 g/mol. The van der Waals surface area contributed by atoms with E-state index in [-0.39, 0.29) is 17.0 Å². The Kier molecular flexibility index (Phi) is 3.19. The molecule has 0 bridgehead atoms. The number of rotatable bonds is 3. The third-order valence-corrected chi connectivity index (χ3v) is 2.56. The standard InChI is InChI=1S/C12H11N3O4/c1-6-9(5-13-15-6)11(17)14-10-3-2-7(16)4-8(10)12(18)19/h2-5,16H,1H3,(H,13,15)(H,14,17)(H,18,19). The number of benzene rings is 1. The number of nitrogens with one attached hydrogen (secondary N) is 2. The number of carboxylic acid groups (broad SMARTS) is 1. The minimum Gasteiger partial charge on any atom is -0.508 e. The predicted molar refractivity (Wildman–Crippen MR) is 66.3 cm³/mol. The van der Waals surface area contributed by atoms with Gasteiger partial charge >= 0.3 is 5.97 Å². The highest BCUT2D eigenvalue weighted by molar-refractivity contribution is 6.08. The van der Waals surface area contributed by atoms with E-state index < -0.39 is 11.9 Å². The lowest BCUT2D eigenvalue weighted by atomic mass is 10.1. The van der Waals surface area contributed by atoms with E-state index in [2.05, 4.69) is 15.5 Å². The van der Waals surface area contributed by atoms with Crippen LogP contribution in [0, 0.1) is 6.92 Å². The number of hydrogen-bond donors (Lipinski definition) is 4. The van der Waals surface area contributed by atoms with Crippen LogP contribution in [0.15, 0.2) is 24.4 Å². The van der Waals surface area contributed by atoms with Gasteiger partial charge in [0.1, 0.15) is 5.75 Å². The highest BCUT2D eigenvalue weighted by Crippen LogP contribution is 2.22. The number of aromatic amines is 1. The van der Waals surface area contributed by atoms with Crippen molar-refractivity contribution in [1.82, 2.24) is 10.2 Å². The zero-order valence-electron chi connectivity index (χ0n) is 9.97. The van der Waals surface area contributed by atoms with Gasteiger partial charge in [-0.25, -0.2) is 4.79 Å². The minimum atomic E-state index is -1.24. The fraction of sp³-hybridized carbons (Fsp3) is 0.0833. The summed E-state index contributed by atoms with van der Waals surface area (Å²) in [5.41, 5.74) is 0.822. The number of phenols is 1. The molecule has 0 fully saturated rings. The summed E-state index contributed by atoms with van der Waals surface area (Å²) in [6, 6.07) is 3.69. The van der Waals surface area contributed by atoms with Gasteiger partial charge in [0.2, 0.25) is 0 Å². The molecule has 0 atom stereocenters. The maximum absolute atomic E-state index is 11.9. The number of aromatic carboxylic acids is 1. The molecule has 1 aromatic heterocycles. The topological polar surface area (TPSA) is 115 Å². The second-order valence-corrected chi connectivity index (χ2v) is 3.90. The number of amides is 1. The summed E-state index contributed by atoms with van der Waals surface area (Å²) in [6.07, 6.45) is 1.35. The first-order chi connectivity index (χ1) is 8.99. The molecule has 2 rings (SSSR count). The average molecular weight is 261 g/mol. The molecule has 0 aliphatic carbocycles. The molecular weight excluding hydrogens is 250 g/mol. The van der Waals surface area contributed by atoms with Gasteiger partial charge in [0.05, 0.1) is 23.0 Å². The number of anilines is 1. The number of carbonyl (C=O) groups excluding carboxylic acids is 1. The van der Waals surface area contributed by atoms with Crippen molar-refractivity contribution in [2.75, 3.05) is 5.32 Å². The van der Waals surface area contributed by atoms with E-state index in [4.69, 9.17) is 5.11 Å². The summed E-state index contributed by atoms with van der Waals surface area (Å²) in [5.74, 6) is -1.90. The first-order valence-electron chi connectivity index (χ1n) is 5.36. The number of carbonyl (C=O) groups is 2. The normalized spacial score (nSPS) is 10.2. The molecule has 0 aliphatic rings. The van der Waals surface area contributed by atoms with Crippen LogP contribution in [0.4, 0.5) is 5.69 Å². The molecule has 0 unspecified atom stereocenters. The Balaban J connectivity index is 2.32. The van der Waals surface area contributed by atoms with Crippen LogP contribution in [0.5, 0.6) is 5.75 Å². The van der Waals surface area contributed by atoms with Gasteiger partial charge < -0.3 is 15.5 Å². The van der Waals surface area contributed by atoms with Crippen LogP contribution in [0.3, 0.4) is 0 Å². The number of H-pyrrole nitrogens is 1. The number of carboxylic acids is 1. The van der Waals surface area contributed by atoms with Crippen LogP contribution in [-0.4, -0.2) is 32.3 Å².